The quantitative estimate of drug-likeness (QED) is 0.225. The molecule has 0 amide bonds. The van der Waals surface area contributed by atoms with E-state index in [9.17, 15) is 5.11 Å². The molecule has 4 saturated carbocycles. The highest BCUT2D eigenvalue weighted by Gasteiger charge is 2.52. The number of phenols is 1. The summed E-state index contributed by atoms with van der Waals surface area (Å²) in [6.45, 7) is 6.68. The predicted molar refractivity (Wildman–Crippen MR) is 177 cm³/mol. The molecule has 0 spiro atoms. The average molecular weight is 570 g/mol. The van der Waals surface area contributed by atoms with Gasteiger partial charge in [-0.15, -0.1) is 0 Å². The van der Waals surface area contributed by atoms with E-state index in [1.807, 2.05) is 18.3 Å². The van der Waals surface area contributed by atoms with E-state index in [4.69, 9.17) is 9.73 Å². The van der Waals surface area contributed by atoms with Crippen molar-refractivity contribution in [2.24, 2.45) is 22.7 Å². The molecule has 4 aromatic rings. The SMILES string of the molecule is COc1ccc(C(C)(C)c2ccccc2)cc1-c1ccccc1N=Cc1cc(C)cc(C23CC4CC(CC(C4)C2)C3)c1O. The van der Waals surface area contributed by atoms with E-state index < -0.39 is 0 Å². The van der Waals surface area contributed by atoms with E-state index in [1.54, 1.807) is 7.11 Å². The maximum atomic E-state index is 11.7. The van der Waals surface area contributed by atoms with Crippen molar-refractivity contribution >= 4 is 11.9 Å². The minimum atomic E-state index is -0.179. The van der Waals surface area contributed by atoms with Crippen LogP contribution in [0.3, 0.4) is 0 Å². The fraction of sp³-hybridized carbons (Fsp3) is 0.375. The molecule has 4 bridgehead atoms. The van der Waals surface area contributed by atoms with Gasteiger partial charge in [-0.3, -0.25) is 4.99 Å². The third kappa shape index (κ3) is 4.97. The molecule has 0 aromatic heterocycles. The van der Waals surface area contributed by atoms with E-state index in [1.165, 1.54) is 60.8 Å². The van der Waals surface area contributed by atoms with Gasteiger partial charge in [-0.2, -0.15) is 0 Å². The van der Waals surface area contributed by atoms with Crippen LogP contribution in [0.1, 0.15) is 80.2 Å². The summed E-state index contributed by atoms with van der Waals surface area (Å²) < 4.78 is 5.87. The van der Waals surface area contributed by atoms with Gasteiger partial charge in [0.05, 0.1) is 12.8 Å². The van der Waals surface area contributed by atoms with Crippen molar-refractivity contribution in [1.82, 2.24) is 0 Å². The highest BCUT2D eigenvalue weighted by Crippen LogP contribution is 2.62. The molecule has 3 nitrogen and oxygen atoms in total. The maximum absolute atomic E-state index is 11.7. The standard InChI is InChI=1S/C40H43NO2/c1-26-16-30(38(42)35(17-26)40-22-27-18-28(23-40)20-29(19-27)24-40)25-41-36-13-9-8-12-33(36)34-21-32(14-15-37(34)43-4)39(2,3)31-10-6-5-7-11-31/h5-17,21,25,27-29,42H,18-20,22-24H2,1-4H3. The third-order valence-corrected chi connectivity index (χ3v) is 10.8. The summed E-state index contributed by atoms with van der Waals surface area (Å²) in [5, 5.41) is 11.7. The Hall–Kier alpha value is -3.85. The molecular formula is C40H43NO2. The predicted octanol–water partition coefficient (Wildman–Crippen LogP) is 9.92. The first kappa shape index (κ1) is 28.0. The van der Waals surface area contributed by atoms with Crippen molar-refractivity contribution in [2.45, 2.75) is 70.1 Å². The molecule has 0 radical (unpaired) electrons. The number of hydrogen-bond acceptors (Lipinski definition) is 3. The number of ether oxygens (including phenoxy) is 1. The van der Waals surface area contributed by atoms with Gasteiger partial charge in [0.15, 0.2) is 0 Å². The zero-order valence-corrected chi connectivity index (χ0v) is 25.9. The van der Waals surface area contributed by atoms with Crippen molar-refractivity contribution in [3.05, 3.63) is 113 Å². The summed E-state index contributed by atoms with van der Waals surface area (Å²) in [5.41, 5.74) is 8.47. The van der Waals surface area contributed by atoms with Crippen LogP contribution in [-0.2, 0) is 10.8 Å². The Morgan fingerprint density at radius 3 is 2.12 bits per heavy atom. The van der Waals surface area contributed by atoms with Gasteiger partial charge in [0.1, 0.15) is 11.5 Å². The topological polar surface area (TPSA) is 41.8 Å². The van der Waals surface area contributed by atoms with Crippen LogP contribution in [-0.4, -0.2) is 18.4 Å². The van der Waals surface area contributed by atoms with Crippen molar-refractivity contribution in [3.8, 4) is 22.6 Å². The molecule has 4 aliphatic carbocycles. The molecule has 1 N–H and O–H groups in total. The second-order valence-corrected chi connectivity index (χ2v) is 14.1. The van der Waals surface area contributed by atoms with Crippen LogP contribution >= 0.6 is 0 Å². The monoisotopic (exact) mass is 569 g/mol. The molecule has 220 valence electrons. The lowest BCUT2D eigenvalue weighted by Crippen LogP contribution is -2.48. The molecule has 4 aromatic carbocycles. The minimum absolute atomic E-state index is 0.130. The Bertz CT molecular complexity index is 1650. The molecule has 0 saturated heterocycles. The molecule has 4 aliphatic rings. The second kappa shape index (κ2) is 10.7. The van der Waals surface area contributed by atoms with Gasteiger partial charge < -0.3 is 9.84 Å². The Morgan fingerprint density at radius 1 is 0.791 bits per heavy atom. The highest BCUT2D eigenvalue weighted by molar-refractivity contribution is 5.90. The number of para-hydroxylation sites is 1. The first-order chi connectivity index (χ1) is 20.8. The average Bonchev–Trinajstić information content (AvgIpc) is 3.01. The number of aryl methyl sites for hydroxylation is 1. The number of methoxy groups -OCH3 is 1. The van der Waals surface area contributed by atoms with Crippen LogP contribution in [0.25, 0.3) is 11.1 Å². The molecule has 0 atom stereocenters. The highest BCUT2D eigenvalue weighted by atomic mass is 16.5. The Morgan fingerprint density at radius 2 is 1.44 bits per heavy atom. The van der Waals surface area contributed by atoms with Crippen LogP contribution in [0.2, 0.25) is 0 Å². The lowest BCUT2D eigenvalue weighted by atomic mass is 9.48. The summed E-state index contributed by atoms with van der Waals surface area (Å²) in [7, 11) is 1.73. The molecule has 43 heavy (non-hydrogen) atoms. The lowest BCUT2D eigenvalue weighted by molar-refractivity contribution is -0.00616. The zero-order valence-electron chi connectivity index (χ0n) is 25.9. The van der Waals surface area contributed by atoms with E-state index in [-0.39, 0.29) is 10.8 Å². The molecule has 0 heterocycles. The van der Waals surface area contributed by atoms with Gasteiger partial charge >= 0.3 is 0 Å². The molecule has 0 unspecified atom stereocenters. The number of nitrogens with zero attached hydrogens (tertiary/aromatic N) is 1. The summed E-state index contributed by atoms with van der Waals surface area (Å²) in [4.78, 5) is 5.03. The number of aromatic hydroxyl groups is 1. The number of phenolic OH excluding ortho intramolecular Hbond substituents is 1. The minimum Gasteiger partial charge on any atom is -0.507 e. The molecular weight excluding hydrogens is 526 g/mol. The smallest absolute Gasteiger partial charge is 0.128 e. The Balaban J connectivity index is 1.26. The van der Waals surface area contributed by atoms with Crippen LogP contribution < -0.4 is 4.74 Å². The van der Waals surface area contributed by atoms with E-state index >= 15 is 0 Å². The van der Waals surface area contributed by atoms with E-state index in [0.717, 1.165) is 45.9 Å². The summed E-state index contributed by atoms with van der Waals surface area (Å²) in [5.74, 6) is 3.73. The summed E-state index contributed by atoms with van der Waals surface area (Å²) >= 11 is 0. The fourth-order valence-corrected chi connectivity index (χ4v) is 9.03. The van der Waals surface area contributed by atoms with Gasteiger partial charge in [-0.25, -0.2) is 0 Å². The van der Waals surface area contributed by atoms with Gasteiger partial charge in [0, 0.05) is 33.9 Å². The van der Waals surface area contributed by atoms with Gasteiger partial charge in [0.2, 0.25) is 0 Å². The number of rotatable bonds is 7. The van der Waals surface area contributed by atoms with Crippen LogP contribution in [0.5, 0.6) is 11.5 Å². The Kier molecular flexibility index (Phi) is 6.95. The number of hydrogen-bond donors (Lipinski definition) is 1. The van der Waals surface area contributed by atoms with E-state index in [2.05, 4.69) is 93.6 Å². The van der Waals surface area contributed by atoms with Gasteiger partial charge in [-0.1, -0.05) is 74.5 Å². The van der Waals surface area contributed by atoms with Crippen molar-refractivity contribution in [1.29, 1.82) is 0 Å². The van der Waals surface area contributed by atoms with Crippen LogP contribution in [0.15, 0.2) is 89.9 Å². The van der Waals surface area contributed by atoms with Gasteiger partial charge in [0.25, 0.3) is 0 Å². The van der Waals surface area contributed by atoms with Crippen LogP contribution in [0.4, 0.5) is 5.69 Å². The number of aliphatic imine (C=N–C) groups is 1. The third-order valence-electron chi connectivity index (χ3n) is 10.8. The fourth-order valence-electron chi connectivity index (χ4n) is 9.03. The maximum Gasteiger partial charge on any atom is 0.128 e. The normalized spacial score (nSPS) is 24.5. The Labute approximate surface area is 256 Å². The lowest BCUT2D eigenvalue weighted by Gasteiger charge is -2.57. The van der Waals surface area contributed by atoms with Crippen LogP contribution in [0, 0.1) is 24.7 Å². The summed E-state index contributed by atoms with van der Waals surface area (Å²) in [6, 6.07) is 29.7. The second-order valence-electron chi connectivity index (χ2n) is 14.1. The largest absolute Gasteiger partial charge is 0.507 e. The molecule has 0 aliphatic heterocycles. The number of benzene rings is 4. The molecule has 3 heteroatoms. The first-order valence-electron chi connectivity index (χ1n) is 16.0. The molecule has 8 rings (SSSR count). The van der Waals surface area contributed by atoms with Crippen molar-refractivity contribution < 1.29 is 9.84 Å². The summed E-state index contributed by atoms with van der Waals surface area (Å²) in [6.07, 6.45) is 9.73. The zero-order chi connectivity index (χ0) is 29.8. The van der Waals surface area contributed by atoms with Crippen molar-refractivity contribution in [2.75, 3.05) is 7.11 Å². The van der Waals surface area contributed by atoms with Gasteiger partial charge in [-0.05, 0) is 110 Å². The van der Waals surface area contributed by atoms with Crippen molar-refractivity contribution in [3.63, 3.8) is 0 Å². The van der Waals surface area contributed by atoms with E-state index in [0.29, 0.717) is 5.75 Å². The molecule has 4 fully saturated rings. The first-order valence-corrected chi connectivity index (χ1v) is 16.0.